The Bertz CT molecular complexity index is 679. The fourth-order valence-corrected chi connectivity index (χ4v) is 3.13. The molecule has 0 aromatic heterocycles. The average Bonchev–Trinajstić information content (AvgIpc) is 2.43. The number of rotatable bonds is 1. The van der Waals surface area contributed by atoms with Crippen LogP contribution in [-0.2, 0) is 4.79 Å². The number of amides is 1. The zero-order chi connectivity index (χ0) is 15.1. The van der Waals surface area contributed by atoms with Gasteiger partial charge < -0.3 is 10.5 Å². The molecule has 108 valence electrons. The maximum atomic E-state index is 11.8. The van der Waals surface area contributed by atoms with Crippen LogP contribution in [0.25, 0.3) is 0 Å². The second-order valence-corrected chi connectivity index (χ2v) is 6.21. The van der Waals surface area contributed by atoms with Crippen LogP contribution in [-0.4, -0.2) is 9.02 Å². The quantitative estimate of drug-likeness (QED) is 0.453. The number of carbonyl (C=O) groups excluding carboxylic acids is 1. The molecule has 1 atom stereocenters. The molecule has 0 fully saturated rings. The van der Waals surface area contributed by atoms with E-state index in [1.165, 1.54) is 0 Å². The number of nitrogens with zero attached hydrogens (tertiary/aromatic N) is 1. The van der Waals surface area contributed by atoms with Crippen molar-refractivity contribution in [2.45, 2.75) is 19.9 Å². The van der Waals surface area contributed by atoms with Crippen molar-refractivity contribution in [3.05, 3.63) is 53.1 Å². The topological polar surface area (TPSA) is 55.6 Å². The van der Waals surface area contributed by atoms with Crippen molar-refractivity contribution in [2.75, 3.05) is 5.73 Å². The van der Waals surface area contributed by atoms with Crippen LogP contribution >= 0.6 is 22.9 Å². The fourth-order valence-electron chi connectivity index (χ4n) is 2.53. The molecule has 5 heteroatoms. The number of hydrogen-bond donors (Lipinski definition) is 1. The summed E-state index contributed by atoms with van der Waals surface area (Å²) < 4.78 is 7.68. The summed E-state index contributed by atoms with van der Waals surface area (Å²) in [6.07, 6.45) is 0. The minimum Gasteiger partial charge on any atom is -0.457 e. The van der Waals surface area contributed by atoms with Gasteiger partial charge in [0.25, 0.3) is 0 Å². The first-order chi connectivity index (χ1) is 9.97. The Morgan fingerprint density at radius 2 is 1.81 bits per heavy atom. The molecule has 1 unspecified atom stereocenters. The number of ether oxygens (including phenoxy) is 1. The van der Waals surface area contributed by atoms with Crippen LogP contribution in [0.5, 0.6) is 11.5 Å². The van der Waals surface area contributed by atoms with Crippen LogP contribution in [0.1, 0.15) is 29.7 Å². The Kier molecular flexibility index (Phi) is 3.52. The van der Waals surface area contributed by atoms with Crippen LogP contribution in [0, 0.1) is 6.92 Å². The summed E-state index contributed by atoms with van der Waals surface area (Å²) in [6.45, 7) is 3.58. The first-order valence-electron chi connectivity index (χ1n) is 6.61. The standard InChI is InChI=1S/C16H15IN2O2/c1-9-3-5-12-14(7-9)21-15-8-11(18)4-6-13(15)16(12)19(17)10(2)20/h3-8,16H,18H2,1-2H3. The van der Waals surface area contributed by atoms with Crippen molar-refractivity contribution in [1.29, 1.82) is 0 Å². The van der Waals surface area contributed by atoms with Gasteiger partial charge in [-0.05, 0) is 24.6 Å². The molecule has 2 aromatic rings. The van der Waals surface area contributed by atoms with E-state index in [2.05, 4.69) is 22.9 Å². The lowest BCUT2D eigenvalue weighted by Gasteiger charge is -2.33. The number of carbonyl (C=O) groups is 1. The average molecular weight is 394 g/mol. The second kappa shape index (κ2) is 5.22. The molecule has 0 bridgehead atoms. The van der Waals surface area contributed by atoms with Gasteiger partial charge >= 0.3 is 0 Å². The Morgan fingerprint density at radius 1 is 1.19 bits per heavy atom. The van der Waals surface area contributed by atoms with Crippen molar-refractivity contribution in [3.63, 3.8) is 0 Å². The molecule has 1 aliphatic heterocycles. The summed E-state index contributed by atoms with van der Waals surface area (Å²) in [5.74, 6) is 1.49. The Morgan fingerprint density at radius 3 is 2.48 bits per heavy atom. The number of aryl methyl sites for hydroxylation is 1. The van der Waals surface area contributed by atoms with Crippen molar-refractivity contribution < 1.29 is 9.53 Å². The number of anilines is 1. The predicted octanol–water partition coefficient (Wildman–Crippen LogP) is 3.97. The van der Waals surface area contributed by atoms with E-state index in [0.29, 0.717) is 11.4 Å². The summed E-state index contributed by atoms with van der Waals surface area (Å²) in [7, 11) is 0. The molecule has 0 radical (unpaired) electrons. The third-order valence-corrected chi connectivity index (χ3v) is 4.78. The molecule has 1 heterocycles. The number of nitrogen functional groups attached to an aromatic ring is 1. The van der Waals surface area contributed by atoms with Gasteiger partial charge in [-0.2, -0.15) is 0 Å². The predicted molar refractivity (Wildman–Crippen MR) is 90.5 cm³/mol. The highest BCUT2D eigenvalue weighted by Gasteiger charge is 2.32. The van der Waals surface area contributed by atoms with E-state index < -0.39 is 0 Å². The summed E-state index contributed by atoms with van der Waals surface area (Å²) in [5, 5.41) is 0. The van der Waals surface area contributed by atoms with Gasteiger partial charge in [-0.1, -0.05) is 18.2 Å². The van der Waals surface area contributed by atoms with Gasteiger partial charge in [0.05, 0.1) is 28.9 Å². The fraction of sp³-hybridized carbons (Fsp3) is 0.188. The molecule has 0 aliphatic carbocycles. The van der Waals surface area contributed by atoms with Gasteiger partial charge in [-0.25, -0.2) is 0 Å². The zero-order valence-corrected chi connectivity index (χ0v) is 13.9. The molecule has 0 spiro atoms. The van der Waals surface area contributed by atoms with Gasteiger partial charge in [-0.15, -0.1) is 0 Å². The van der Waals surface area contributed by atoms with E-state index in [1.54, 1.807) is 16.1 Å². The number of hydrogen-bond acceptors (Lipinski definition) is 3. The van der Waals surface area contributed by atoms with Crippen molar-refractivity contribution in [1.82, 2.24) is 3.11 Å². The van der Waals surface area contributed by atoms with Crippen molar-refractivity contribution in [3.8, 4) is 11.5 Å². The van der Waals surface area contributed by atoms with Crippen molar-refractivity contribution >= 4 is 34.5 Å². The molecule has 0 saturated carbocycles. The number of benzene rings is 2. The summed E-state index contributed by atoms with van der Waals surface area (Å²) >= 11 is 2.06. The van der Waals surface area contributed by atoms with E-state index in [4.69, 9.17) is 10.5 Å². The summed E-state index contributed by atoms with van der Waals surface area (Å²) in [5.41, 5.74) is 9.55. The van der Waals surface area contributed by atoms with Gasteiger partial charge in [-0.3, -0.25) is 7.91 Å². The Hall–Kier alpha value is -1.76. The smallest absolute Gasteiger partial charge is 0.228 e. The van der Waals surface area contributed by atoms with Gasteiger partial charge in [0.1, 0.15) is 11.5 Å². The molecular formula is C16H15IN2O2. The van der Waals surface area contributed by atoms with E-state index in [9.17, 15) is 4.79 Å². The Balaban J connectivity index is 2.21. The van der Waals surface area contributed by atoms with Crippen LogP contribution in [0.4, 0.5) is 5.69 Å². The van der Waals surface area contributed by atoms with Crippen LogP contribution in [0.15, 0.2) is 36.4 Å². The first-order valence-corrected chi connectivity index (χ1v) is 7.57. The monoisotopic (exact) mass is 394 g/mol. The highest BCUT2D eigenvalue weighted by molar-refractivity contribution is 14.1. The highest BCUT2D eigenvalue weighted by atomic mass is 127. The molecule has 4 nitrogen and oxygen atoms in total. The third-order valence-electron chi connectivity index (χ3n) is 3.54. The number of halogens is 1. The molecule has 2 aromatic carbocycles. The van der Waals surface area contributed by atoms with Gasteiger partial charge in [0.2, 0.25) is 5.91 Å². The summed E-state index contributed by atoms with van der Waals surface area (Å²) in [6, 6.07) is 11.4. The molecule has 21 heavy (non-hydrogen) atoms. The largest absolute Gasteiger partial charge is 0.457 e. The van der Waals surface area contributed by atoms with Gasteiger partial charge in [0.15, 0.2) is 0 Å². The molecule has 0 saturated heterocycles. The minimum absolute atomic E-state index is 0.00296. The van der Waals surface area contributed by atoms with E-state index in [1.807, 2.05) is 37.3 Å². The molecular weight excluding hydrogens is 379 g/mol. The lowest BCUT2D eigenvalue weighted by molar-refractivity contribution is -0.123. The third kappa shape index (κ3) is 2.46. The Labute approximate surface area is 137 Å². The lowest BCUT2D eigenvalue weighted by Crippen LogP contribution is -2.27. The molecule has 2 N–H and O–H groups in total. The minimum atomic E-state index is -0.164. The molecule has 1 aliphatic rings. The number of nitrogens with two attached hydrogens (primary N) is 1. The van der Waals surface area contributed by atoms with E-state index in [-0.39, 0.29) is 11.9 Å². The molecule has 1 amide bonds. The normalized spacial score (nSPS) is 15.7. The van der Waals surface area contributed by atoms with E-state index in [0.717, 1.165) is 22.4 Å². The first kappa shape index (κ1) is 14.2. The molecule has 3 rings (SSSR count). The van der Waals surface area contributed by atoms with Crippen LogP contribution < -0.4 is 10.5 Å². The van der Waals surface area contributed by atoms with E-state index >= 15 is 0 Å². The van der Waals surface area contributed by atoms with Crippen LogP contribution in [0.2, 0.25) is 0 Å². The SMILES string of the molecule is CC(=O)N(I)C1c2ccc(C)cc2Oc2cc(N)ccc21. The maximum absolute atomic E-state index is 11.8. The van der Waals surface area contributed by atoms with Crippen LogP contribution in [0.3, 0.4) is 0 Å². The van der Waals surface area contributed by atoms with Crippen molar-refractivity contribution in [2.24, 2.45) is 0 Å². The lowest BCUT2D eigenvalue weighted by atomic mass is 9.93. The highest BCUT2D eigenvalue weighted by Crippen LogP contribution is 2.47. The zero-order valence-electron chi connectivity index (χ0n) is 11.8. The second-order valence-electron chi connectivity index (χ2n) is 5.17. The number of fused-ring (bicyclic) bond motifs is 2. The van der Waals surface area contributed by atoms with Gasteiger partial charge in [0, 0.05) is 29.8 Å². The summed E-state index contributed by atoms with van der Waals surface area (Å²) in [4.78, 5) is 11.8. The maximum Gasteiger partial charge on any atom is 0.228 e.